The van der Waals surface area contributed by atoms with Crippen molar-refractivity contribution in [1.29, 1.82) is 0 Å². The Balaban J connectivity index is 2.16. The third-order valence-electron chi connectivity index (χ3n) is 3.02. The lowest BCUT2D eigenvalue weighted by Crippen LogP contribution is -2.18. The highest BCUT2D eigenvalue weighted by Crippen LogP contribution is 2.24. The van der Waals surface area contributed by atoms with Crippen molar-refractivity contribution in [3.05, 3.63) is 36.2 Å². The summed E-state index contributed by atoms with van der Waals surface area (Å²) in [5.41, 5.74) is 1.08. The van der Waals surface area contributed by atoms with Crippen LogP contribution in [0.3, 0.4) is 0 Å². The van der Waals surface area contributed by atoms with E-state index in [1.165, 1.54) is 0 Å². The zero-order chi connectivity index (χ0) is 14.2. The molecule has 5 heteroatoms. The molecule has 1 aromatic heterocycles. The molecule has 0 saturated heterocycles. The van der Waals surface area contributed by atoms with Crippen LogP contribution in [0.15, 0.2) is 34.7 Å². The van der Waals surface area contributed by atoms with Crippen LogP contribution in [0.1, 0.15) is 32.6 Å². The average Bonchev–Trinajstić information content (AvgIpc) is 2.95. The molecule has 0 amide bonds. The van der Waals surface area contributed by atoms with Gasteiger partial charge in [0.25, 0.3) is 0 Å². The van der Waals surface area contributed by atoms with E-state index < -0.39 is 0 Å². The summed E-state index contributed by atoms with van der Waals surface area (Å²) in [6, 6.07) is 10.7. The summed E-state index contributed by atoms with van der Waals surface area (Å²) in [7, 11) is 0. The average molecular weight is 274 g/mol. The summed E-state index contributed by atoms with van der Waals surface area (Å²) >= 11 is 0. The second-order valence-electron chi connectivity index (χ2n) is 4.60. The van der Waals surface area contributed by atoms with Gasteiger partial charge in [-0.3, -0.25) is 4.90 Å². The molecule has 1 heterocycles. The molecule has 5 nitrogen and oxygen atoms in total. The van der Waals surface area contributed by atoms with Gasteiger partial charge in [-0.25, -0.2) is 0 Å². The molecular weight excluding hydrogens is 252 g/mol. The predicted molar refractivity (Wildman–Crippen MR) is 80.0 cm³/mol. The van der Waals surface area contributed by atoms with Gasteiger partial charge in [0.1, 0.15) is 0 Å². The molecule has 0 bridgehead atoms. The smallest absolute Gasteiger partial charge is 0.322 e. The number of rotatable bonds is 8. The van der Waals surface area contributed by atoms with Crippen LogP contribution in [-0.4, -0.2) is 23.3 Å². The van der Waals surface area contributed by atoms with Crippen LogP contribution in [-0.2, 0) is 6.54 Å². The van der Waals surface area contributed by atoms with Crippen molar-refractivity contribution >= 4 is 11.7 Å². The zero-order valence-corrected chi connectivity index (χ0v) is 12.2. The lowest BCUT2D eigenvalue weighted by atomic mass is 10.2. The highest BCUT2D eigenvalue weighted by molar-refractivity contribution is 5.55. The topological polar surface area (TPSA) is 54.2 Å². The molecule has 0 spiro atoms. The number of hydrogen-bond donors (Lipinski definition) is 1. The molecule has 1 aromatic carbocycles. The van der Waals surface area contributed by atoms with Gasteiger partial charge < -0.3 is 9.73 Å². The highest BCUT2D eigenvalue weighted by atomic mass is 16.4. The first-order chi connectivity index (χ1) is 9.85. The van der Waals surface area contributed by atoms with Crippen LogP contribution in [0.25, 0.3) is 0 Å². The Morgan fingerprint density at radius 3 is 2.65 bits per heavy atom. The lowest BCUT2D eigenvalue weighted by Gasteiger charge is -2.19. The van der Waals surface area contributed by atoms with Gasteiger partial charge in [0, 0.05) is 12.2 Å². The van der Waals surface area contributed by atoms with Crippen molar-refractivity contribution in [2.75, 3.05) is 18.0 Å². The van der Waals surface area contributed by atoms with Crippen LogP contribution >= 0.6 is 0 Å². The summed E-state index contributed by atoms with van der Waals surface area (Å²) in [6.45, 7) is 6.60. The summed E-state index contributed by atoms with van der Waals surface area (Å²) in [5.74, 6) is 0.624. The van der Waals surface area contributed by atoms with Crippen LogP contribution in [0.4, 0.5) is 11.7 Å². The Bertz CT molecular complexity index is 498. The minimum atomic E-state index is 0.567. The van der Waals surface area contributed by atoms with Crippen molar-refractivity contribution in [1.82, 2.24) is 15.5 Å². The fourth-order valence-electron chi connectivity index (χ4n) is 1.92. The molecule has 0 atom stereocenters. The fourth-order valence-corrected chi connectivity index (χ4v) is 1.92. The van der Waals surface area contributed by atoms with Crippen molar-refractivity contribution in [3.63, 3.8) is 0 Å². The van der Waals surface area contributed by atoms with E-state index in [0.29, 0.717) is 18.5 Å². The van der Waals surface area contributed by atoms with Crippen molar-refractivity contribution in [2.24, 2.45) is 0 Å². The zero-order valence-electron chi connectivity index (χ0n) is 12.2. The Hall–Kier alpha value is -1.88. The van der Waals surface area contributed by atoms with Gasteiger partial charge in [0.15, 0.2) is 0 Å². The van der Waals surface area contributed by atoms with Gasteiger partial charge in [-0.1, -0.05) is 43.6 Å². The molecular formula is C15H22N4O. The maximum atomic E-state index is 5.74. The first-order valence-corrected chi connectivity index (χ1v) is 7.20. The first kappa shape index (κ1) is 14.5. The van der Waals surface area contributed by atoms with Crippen LogP contribution < -0.4 is 10.2 Å². The normalized spacial score (nSPS) is 10.7. The third-order valence-corrected chi connectivity index (χ3v) is 3.02. The van der Waals surface area contributed by atoms with E-state index >= 15 is 0 Å². The molecule has 0 saturated carbocycles. The number of benzene rings is 1. The largest absolute Gasteiger partial charge is 0.406 e. The maximum absolute atomic E-state index is 5.74. The van der Waals surface area contributed by atoms with Gasteiger partial charge in [-0.2, -0.15) is 0 Å². The Labute approximate surface area is 120 Å². The van der Waals surface area contributed by atoms with E-state index in [2.05, 4.69) is 46.4 Å². The summed E-state index contributed by atoms with van der Waals surface area (Å²) in [5, 5.41) is 11.4. The fraction of sp³-hybridized carbons (Fsp3) is 0.467. The number of para-hydroxylation sites is 1. The summed E-state index contributed by atoms with van der Waals surface area (Å²) in [6.07, 6.45) is 2.21. The van der Waals surface area contributed by atoms with Crippen molar-refractivity contribution in [2.45, 2.75) is 33.2 Å². The number of anilines is 2. The van der Waals surface area contributed by atoms with Gasteiger partial charge in [0.05, 0.1) is 6.54 Å². The summed E-state index contributed by atoms with van der Waals surface area (Å²) in [4.78, 5) is 2.08. The van der Waals surface area contributed by atoms with Gasteiger partial charge in [-0.15, -0.1) is 5.10 Å². The number of unbranched alkanes of at least 4 members (excludes halogenated alkanes) is 1. The van der Waals surface area contributed by atoms with Gasteiger partial charge in [0.2, 0.25) is 5.89 Å². The van der Waals surface area contributed by atoms with Crippen LogP contribution in [0.2, 0.25) is 0 Å². The second-order valence-corrected chi connectivity index (χ2v) is 4.60. The minimum absolute atomic E-state index is 0.567. The predicted octanol–water partition coefficient (Wildman–Crippen LogP) is 3.12. The van der Waals surface area contributed by atoms with Crippen molar-refractivity contribution in [3.8, 4) is 0 Å². The SMILES string of the molecule is CCCCN(c1ccccc1)c1nnc(CNCC)o1. The minimum Gasteiger partial charge on any atom is -0.406 e. The maximum Gasteiger partial charge on any atom is 0.322 e. The van der Waals surface area contributed by atoms with E-state index in [1.807, 2.05) is 18.2 Å². The number of nitrogens with zero attached hydrogens (tertiary/aromatic N) is 3. The van der Waals surface area contributed by atoms with Crippen molar-refractivity contribution < 1.29 is 4.42 Å². The quantitative estimate of drug-likeness (QED) is 0.801. The third kappa shape index (κ3) is 3.81. The number of aromatic nitrogens is 2. The van der Waals surface area contributed by atoms with E-state index in [9.17, 15) is 0 Å². The Kier molecular flexibility index (Phi) is 5.55. The molecule has 0 aliphatic rings. The number of nitrogens with one attached hydrogen (secondary N) is 1. The standard InChI is InChI=1S/C15H22N4O/c1-3-5-11-19(13-9-7-6-8-10-13)15-18-17-14(20-15)12-16-4-2/h6-10,16H,3-5,11-12H2,1-2H3. The molecule has 0 fully saturated rings. The molecule has 2 aromatic rings. The van der Waals surface area contributed by atoms with E-state index in [-0.39, 0.29) is 0 Å². The van der Waals surface area contributed by atoms with Crippen LogP contribution in [0, 0.1) is 0 Å². The monoisotopic (exact) mass is 274 g/mol. The summed E-state index contributed by atoms with van der Waals surface area (Å²) < 4.78 is 5.74. The molecule has 0 aliphatic carbocycles. The van der Waals surface area contributed by atoms with E-state index in [4.69, 9.17) is 4.42 Å². The second kappa shape index (κ2) is 7.65. The Morgan fingerprint density at radius 1 is 1.15 bits per heavy atom. The molecule has 2 rings (SSSR count). The van der Waals surface area contributed by atoms with E-state index in [0.717, 1.165) is 31.6 Å². The van der Waals surface area contributed by atoms with Gasteiger partial charge >= 0.3 is 6.01 Å². The Morgan fingerprint density at radius 2 is 1.95 bits per heavy atom. The molecule has 1 N–H and O–H groups in total. The molecule has 0 unspecified atom stereocenters. The number of hydrogen-bond acceptors (Lipinski definition) is 5. The molecule has 20 heavy (non-hydrogen) atoms. The first-order valence-electron chi connectivity index (χ1n) is 7.20. The van der Waals surface area contributed by atoms with Crippen LogP contribution in [0.5, 0.6) is 0 Å². The highest BCUT2D eigenvalue weighted by Gasteiger charge is 2.15. The molecule has 0 aliphatic heterocycles. The van der Waals surface area contributed by atoms with E-state index in [1.54, 1.807) is 0 Å². The van der Waals surface area contributed by atoms with Gasteiger partial charge in [-0.05, 0) is 25.1 Å². The molecule has 108 valence electrons. The molecule has 0 radical (unpaired) electrons. The lowest BCUT2D eigenvalue weighted by molar-refractivity contribution is 0.471.